The zero-order chi connectivity index (χ0) is 25.4. The lowest BCUT2D eigenvalue weighted by Crippen LogP contribution is -2.42. The van der Waals surface area contributed by atoms with Crippen LogP contribution in [0.5, 0.6) is 11.8 Å². The molecule has 0 saturated carbocycles. The number of alkyl halides is 2. The summed E-state index contributed by atoms with van der Waals surface area (Å²) in [5.41, 5.74) is 1.59. The van der Waals surface area contributed by atoms with Gasteiger partial charge in [-0.15, -0.1) is 0 Å². The molecule has 0 radical (unpaired) electrons. The number of nitrogens with zero attached hydrogens (tertiary/aromatic N) is 2. The van der Waals surface area contributed by atoms with E-state index in [4.69, 9.17) is 4.74 Å². The molecular formula is C25H32F2N4O4. The first-order valence-corrected chi connectivity index (χ1v) is 11.8. The van der Waals surface area contributed by atoms with Crippen LogP contribution in [0.25, 0.3) is 0 Å². The van der Waals surface area contributed by atoms with Crippen molar-refractivity contribution in [2.75, 3.05) is 17.7 Å². The number of pyridine rings is 1. The van der Waals surface area contributed by atoms with E-state index in [9.17, 15) is 18.4 Å². The van der Waals surface area contributed by atoms with Crippen molar-refractivity contribution in [1.29, 1.82) is 0 Å². The van der Waals surface area contributed by atoms with E-state index in [2.05, 4.69) is 25.3 Å². The number of benzene rings is 1. The monoisotopic (exact) mass is 490 g/mol. The summed E-state index contributed by atoms with van der Waals surface area (Å²) in [6.07, 6.45) is 7.07. The van der Waals surface area contributed by atoms with Crippen LogP contribution in [-0.4, -0.2) is 47.6 Å². The summed E-state index contributed by atoms with van der Waals surface area (Å²) in [5, 5.41) is 5.11. The molecule has 2 N–H and O–H groups in total. The Morgan fingerprint density at radius 1 is 1.06 bits per heavy atom. The molecule has 2 saturated heterocycles. The molecule has 10 heteroatoms. The van der Waals surface area contributed by atoms with Crippen molar-refractivity contribution >= 4 is 23.3 Å². The van der Waals surface area contributed by atoms with E-state index >= 15 is 0 Å². The zero-order valence-electron chi connectivity index (χ0n) is 20.2. The van der Waals surface area contributed by atoms with Crippen molar-refractivity contribution in [2.45, 2.75) is 71.1 Å². The number of nitrogens with one attached hydrogen (secondary N) is 2. The number of urea groups is 1. The number of aryl methyl sites for hydroxylation is 1. The first-order valence-electron chi connectivity index (χ1n) is 11.8. The third kappa shape index (κ3) is 7.03. The molecule has 35 heavy (non-hydrogen) atoms. The molecule has 4 rings (SSSR count). The maximum atomic E-state index is 12.5. The second kappa shape index (κ2) is 12.3. The highest BCUT2D eigenvalue weighted by Gasteiger charge is 2.37. The molecule has 2 bridgehead atoms. The minimum atomic E-state index is -3.07. The molecule has 3 heterocycles. The first kappa shape index (κ1) is 26.2. The number of anilines is 2. The number of rotatable bonds is 6. The number of piperidine rings is 1. The Morgan fingerprint density at radius 2 is 1.71 bits per heavy atom. The van der Waals surface area contributed by atoms with Crippen LogP contribution in [-0.2, 0) is 11.2 Å². The quantitative estimate of drug-likeness (QED) is 0.562. The number of carbonyl (C=O) groups excluding carboxylic acids is 2. The molecule has 0 spiro atoms. The van der Waals surface area contributed by atoms with Gasteiger partial charge in [-0.3, -0.25) is 4.79 Å². The zero-order valence-corrected chi connectivity index (χ0v) is 20.2. The van der Waals surface area contributed by atoms with E-state index in [0.29, 0.717) is 17.8 Å². The van der Waals surface area contributed by atoms with Gasteiger partial charge in [-0.2, -0.15) is 13.8 Å². The van der Waals surface area contributed by atoms with Crippen LogP contribution in [0.15, 0.2) is 36.4 Å². The van der Waals surface area contributed by atoms with Gasteiger partial charge in [-0.1, -0.05) is 25.1 Å². The van der Waals surface area contributed by atoms with Gasteiger partial charge < -0.3 is 25.0 Å². The number of carbonyl (C=O) groups is 2. The van der Waals surface area contributed by atoms with E-state index in [0.717, 1.165) is 12.0 Å². The summed E-state index contributed by atoms with van der Waals surface area (Å²) in [4.78, 5) is 29.2. The SMILES string of the molecule is CC(=O)N1C2CCCC1CC2.CCc1ccccc1NC(=O)Nc1ccc(OC)nc1OC(F)F. The smallest absolute Gasteiger partial charge is 0.388 e. The van der Waals surface area contributed by atoms with Gasteiger partial charge in [0.1, 0.15) is 5.69 Å². The van der Waals surface area contributed by atoms with E-state index in [1.165, 1.54) is 51.3 Å². The van der Waals surface area contributed by atoms with Crippen LogP contribution in [0.1, 0.15) is 51.5 Å². The lowest BCUT2D eigenvalue weighted by molar-refractivity contribution is -0.133. The minimum absolute atomic E-state index is 0.00239. The average Bonchev–Trinajstić information content (AvgIpc) is 3.09. The van der Waals surface area contributed by atoms with Crippen molar-refractivity contribution in [2.24, 2.45) is 0 Å². The maximum absolute atomic E-state index is 12.5. The Morgan fingerprint density at radius 3 is 2.29 bits per heavy atom. The Kier molecular flexibility index (Phi) is 9.22. The van der Waals surface area contributed by atoms with Crippen molar-refractivity contribution in [1.82, 2.24) is 9.88 Å². The fourth-order valence-corrected chi connectivity index (χ4v) is 4.66. The first-order chi connectivity index (χ1) is 16.8. The Bertz CT molecular complexity index is 1000. The van der Waals surface area contributed by atoms with E-state index in [1.54, 1.807) is 19.1 Å². The number of para-hydroxylation sites is 1. The topological polar surface area (TPSA) is 92.8 Å². The number of ether oxygens (including phenoxy) is 2. The Balaban J connectivity index is 0.000000256. The van der Waals surface area contributed by atoms with E-state index in [1.807, 2.05) is 19.1 Å². The summed E-state index contributed by atoms with van der Waals surface area (Å²) in [6, 6.07) is 10.7. The number of fused-ring (bicyclic) bond motifs is 2. The van der Waals surface area contributed by atoms with Crippen LogP contribution in [0.4, 0.5) is 25.0 Å². The number of amides is 3. The molecule has 2 aliphatic rings. The van der Waals surface area contributed by atoms with Gasteiger partial charge in [0.05, 0.1) is 7.11 Å². The van der Waals surface area contributed by atoms with Crippen LogP contribution in [0.2, 0.25) is 0 Å². The average molecular weight is 491 g/mol. The molecule has 1 aromatic heterocycles. The fraction of sp³-hybridized carbons (Fsp3) is 0.480. The normalized spacial score (nSPS) is 18.4. The molecular weight excluding hydrogens is 458 g/mol. The third-order valence-corrected chi connectivity index (χ3v) is 6.20. The van der Waals surface area contributed by atoms with Gasteiger partial charge in [-0.05, 0) is 56.2 Å². The molecule has 8 nitrogen and oxygen atoms in total. The predicted molar refractivity (Wildman–Crippen MR) is 129 cm³/mol. The van der Waals surface area contributed by atoms with E-state index in [-0.39, 0.29) is 17.5 Å². The second-order valence-corrected chi connectivity index (χ2v) is 8.42. The number of methoxy groups -OCH3 is 1. The summed E-state index contributed by atoms with van der Waals surface area (Å²) in [7, 11) is 1.34. The van der Waals surface area contributed by atoms with Crippen molar-refractivity contribution < 1.29 is 27.8 Å². The number of hydrogen-bond acceptors (Lipinski definition) is 5. The number of hydrogen-bond donors (Lipinski definition) is 2. The van der Waals surface area contributed by atoms with E-state index < -0.39 is 18.5 Å². The molecule has 2 fully saturated rings. The second-order valence-electron chi connectivity index (χ2n) is 8.42. The van der Waals surface area contributed by atoms with Gasteiger partial charge in [0.15, 0.2) is 0 Å². The molecule has 2 unspecified atom stereocenters. The highest BCUT2D eigenvalue weighted by Crippen LogP contribution is 2.35. The summed E-state index contributed by atoms with van der Waals surface area (Å²) >= 11 is 0. The standard InChI is InChI=1S/C16H17F2N3O3.C9H15NO/c1-3-10-6-4-5-7-11(10)19-16(22)20-12-8-9-13(23-2)21-14(12)24-15(17)18;1-7(11)10-8-3-2-4-9(10)6-5-8/h4-9,15H,3H2,1-2H3,(H2,19,20,22);8-9H,2-6H2,1H3. The van der Waals surface area contributed by atoms with Crippen LogP contribution in [0.3, 0.4) is 0 Å². The highest BCUT2D eigenvalue weighted by atomic mass is 19.3. The molecule has 2 aliphatic heterocycles. The molecule has 190 valence electrons. The molecule has 0 aliphatic carbocycles. The number of aromatic nitrogens is 1. The third-order valence-electron chi connectivity index (χ3n) is 6.20. The van der Waals surface area contributed by atoms with Crippen molar-refractivity contribution in [3.8, 4) is 11.8 Å². The molecule has 2 atom stereocenters. The number of halogens is 2. The summed E-state index contributed by atoms with van der Waals surface area (Å²) in [5.74, 6) is -0.0478. The molecule has 1 aromatic carbocycles. The Hall–Kier alpha value is -3.43. The maximum Gasteiger partial charge on any atom is 0.388 e. The fourth-order valence-electron chi connectivity index (χ4n) is 4.66. The van der Waals surface area contributed by atoms with Crippen LogP contribution in [0, 0.1) is 0 Å². The molecule has 3 amide bonds. The van der Waals surface area contributed by atoms with Crippen LogP contribution < -0.4 is 20.1 Å². The van der Waals surface area contributed by atoms with Gasteiger partial charge in [0, 0.05) is 30.8 Å². The minimum Gasteiger partial charge on any atom is -0.481 e. The van der Waals surface area contributed by atoms with Gasteiger partial charge in [-0.25, -0.2) is 4.79 Å². The Labute approximate surface area is 204 Å². The lowest BCUT2D eigenvalue weighted by Gasteiger charge is -2.33. The van der Waals surface area contributed by atoms with Crippen molar-refractivity contribution in [3.05, 3.63) is 42.0 Å². The van der Waals surface area contributed by atoms with Gasteiger partial charge in [0.2, 0.25) is 17.7 Å². The van der Waals surface area contributed by atoms with Gasteiger partial charge in [0.25, 0.3) is 0 Å². The van der Waals surface area contributed by atoms with Gasteiger partial charge >= 0.3 is 12.6 Å². The largest absolute Gasteiger partial charge is 0.481 e. The van der Waals surface area contributed by atoms with Crippen molar-refractivity contribution in [3.63, 3.8) is 0 Å². The lowest BCUT2D eigenvalue weighted by atomic mass is 10.0. The summed E-state index contributed by atoms with van der Waals surface area (Å²) < 4.78 is 34.2. The van der Waals surface area contributed by atoms with Crippen LogP contribution >= 0.6 is 0 Å². The predicted octanol–water partition coefficient (Wildman–Crippen LogP) is 5.45. The highest BCUT2D eigenvalue weighted by molar-refractivity contribution is 6.00. The molecule has 2 aromatic rings. The summed E-state index contributed by atoms with van der Waals surface area (Å²) in [6.45, 7) is 0.589.